The predicted octanol–water partition coefficient (Wildman–Crippen LogP) is 4.43. The molecule has 1 aromatic rings. The predicted molar refractivity (Wildman–Crippen MR) is 113 cm³/mol. The Labute approximate surface area is 170 Å². The molecule has 0 bridgehead atoms. The van der Waals surface area contributed by atoms with Crippen molar-refractivity contribution in [1.29, 1.82) is 0 Å². The van der Waals surface area contributed by atoms with Gasteiger partial charge in [0, 0.05) is 12.0 Å². The van der Waals surface area contributed by atoms with Crippen LogP contribution in [0.3, 0.4) is 0 Å². The number of ether oxygens (including phenoxy) is 1. The van der Waals surface area contributed by atoms with Gasteiger partial charge in [-0.05, 0) is 49.9 Å². The van der Waals surface area contributed by atoms with Crippen molar-refractivity contribution in [2.75, 3.05) is 0 Å². The summed E-state index contributed by atoms with van der Waals surface area (Å²) < 4.78 is 11.8. The molecule has 1 aliphatic rings. The van der Waals surface area contributed by atoms with Crippen molar-refractivity contribution in [3.63, 3.8) is 0 Å². The van der Waals surface area contributed by atoms with Crippen LogP contribution in [0.25, 0.3) is 0 Å². The summed E-state index contributed by atoms with van der Waals surface area (Å²) in [4.78, 5) is 24.8. The maximum atomic E-state index is 12.6. The average Bonchev–Trinajstić information content (AvgIpc) is 3.07. The Bertz CT molecular complexity index is 669. The van der Waals surface area contributed by atoms with E-state index in [1.807, 2.05) is 30.3 Å². The van der Waals surface area contributed by atoms with Crippen molar-refractivity contribution in [2.45, 2.75) is 83.8 Å². The minimum atomic E-state index is -1.83. The Morgan fingerprint density at radius 3 is 2.43 bits per heavy atom. The third-order valence-corrected chi connectivity index (χ3v) is 10.5. The van der Waals surface area contributed by atoms with Gasteiger partial charge in [-0.1, -0.05) is 51.1 Å². The van der Waals surface area contributed by atoms with Gasteiger partial charge in [0.1, 0.15) is 12.6 Å². The van der Waals surface area contributed by atoms with Crippen molar-refractivity contribution < 1.29 is 18.8 Å². The highest BCUT2D eigenvalue weighted by Gasteiger charge is 2.41. The fourth-order valence-electron chi connectivity index (χ4n) is 3.12. The summed E-state index contributed by atoms with van der Waals surface area (Å²) in [5.74, 6) is -0.589. The van der Waals surface area contributed by atoms with E-state index in [4.69, 9.17) is 9.16 Å². The summed E-state index contributed by atoms with van der Waals surface area (Å²) in [5.41, 5.74) is 0.927. The van der Waals surface area contributed by atoms with E-state index in [2.05, 4.69) is 39.2 Å². The molecule has 0 radical (unpaired) electrons. The first-order chi connectivity index (χ1) is 13.0. The van der Waals surface area contributed by atoms with Crippen LogP contribution in [0.2, 0.25) is 18.1 Å². The normalized spacial score (nSPS) is 21.2. The van der Waals surface area contributed by atoms with E-state index in [-0.39, 0.29) is 29.6 Å². The van der Waals surface area contributed by atoms with Gasteiger partial charge < -0.3 is 14.5 Å². The second-order valence-corrected chi connectivity index (χ2v) is 14.1. The lowest BCUT2D eigenvalue weighted by Crippen LogP contribution is -2.44. The topological polar surface area (TPSA) is 64.6 Å². The Hall–Kier alpha value is -1.66. The number of rotatable bonds is 7. The summed E-state index contributed by atoms with van der Waals surface area (Å²) in [5, 5.41) is 2.97. The molecule has 0 aromatic heterocycles. The summed E-state index contributed by atoms with van der Waals surface area (Å²) in [6, 6.07) is 8.86. The van der Waals surface area contributed by atoms with Crippen LogP contribution in [0.15, 0.2) is 30.3 Å². The molecule has 0 heterocycles. The molecule has 0 spiro atoms. The lowest BCUT2D eigenvalue weighted by atomic mass is 10.1. The second kappa shape index (κ2) is 9.22. The zero-order valence-corrected chi connectivity index (χ0v) is 19.1. The maximum absolute atomic E-state index is 12.6. The van der Waals surface area contributed by atoms with E-state index >= 15 is 0 Å². The summed E-state index contributed by atoms with van der Waals surface area (Å²) in [6.07, 6.45) is 2.57. The van der Waals surface area contributed by atoms with E-state index in [1.54, 1.807) is 6.92 Å². The van der Waals surface area contributed by atoms with Crippen LogP contribution in [-0.2, 0) is 25.4 Å². The zero-order chi connectivity index (χ0) is 20.9. The van der Waals surface area contributed by atoms with Crippen LogP contribution in [0.5, 0.6) is 0 Å². The third-order valence-electron chi connectivity index (χ3n) is 5.96. The number of amides is 1. The monoisotopic (exact) mass is 405 g/mol. The van der Waals surface area contributed by atoms with Gasteiger partial charge in [0.15, 0.2) is 8.32 Å². The number of carbonyl (C=O) groups excluding carboxylic acids is 2. The number of benzene rings is 1. The molecule has 5 nitrogen and oxygen atoms in total. The highest BCUT2D eigenvalue weighted by Crippen LogP contribution is 2.40. The Morgan fingerprint density at radius 1 is 1.18 bits per heavy atom. The largest absolute Gasteiger partial charge is 0.459 e. The molecular formula is C22H35NO4Si. The minimum absolute atomic E-state index is 0.0782. The number of hydrogen-bond acceptors (Lipinski definition) is 4. The van der Waals surface area contributed by atoms with Gasteiger partial charge in [-0.2, -0.15) is 0 Å². The molecule has 6 heteroatoms. The lowest BCUT2D eigenvalue weighted by Gasteiger charge is -2.38. The number of nitrogens with one attached hydrogen (secondary N) is 1. The zero-order valence-electron chi connectivity index (χ0n) is 18.1. The lowest BCUT2D eigenvalue weighted by molar-refractivity contribution is -0.149. The Kier molecular flexibility index (Phi) is 7.45. The van der Waals surface area contributed by atoms with Gasteiger partial charge in [0.2, 0.25) is 5.91 Å². The van der Waals surface area contributed by atoms with Crippen molar-refractivity contribution in [3.05, 3.63) is 35.9 Å². The van der Waals surface area contributed by atoms with Gasteiger partial charge >= 0.3 is 5.97 Å². The fourth-order valence-corrected chi connectivity index (χ4v) is 4.52. The average molecular weight is 406 g/mol. The first kappa shape index (κ1) is 22.6. The number of hydrogen-bond donors (Lipinski definition) is 1. The number of carbonyl (C=O) groups is 2. The van der Waals surface area contributed by atoms with Gasteiger partial charge in [0.05, 0.1) is 0 Å². The van der Waals surface area contributed by atoms with Crippen molar-refractivity contribution in [1.82, 2.24) is 5.32 Å². The fraction of sp³-hybridized carbons (Fsp3) is 0.636. The van der Waals surface area contributed by atoms with Crippen LogP contribution >= 0.6 is 0 Å². The second-order valence-electron chi connectivity index (χ2n) is 9.33. The third kappa shape index (κ3) is 6.17. The van der Waals surface area contributed by atoms with Crippen LogP contribution in [0, 0.1) is 5.92 Å². The first-order valence-corrected chi connectivity index (χ1v) is 13.1. The molecule has 1 N–H and O–H groups in total. The molecule has 28 heavy (non-hydrogen) atoms. The van der Waals surface area contributed by atoms with Gasteiger partial charge in [-0.25, -0.2) is 4.79 Å². The maximum Gasteiger partial charge on any atom is 0.328 e. The minimum Gasteiger partial charge on any atom is -0.459 e. The molecule has 3 unspecified atom stereocenters. The molecule has 1 fully saturated rings. The molecular weight excluding hydrogens is 370 g/mol. The molecule has 1 aromatic carbocycles. The van der Waals surface area contributed by atoms with E-state index in [0.29, 0.717) is 0 Å². The summed E-state index contributed by atoms with van der Waals surface area (Å²) in [7, 11) is -1.83. The SMILES string of the molecule is CC(NC(=O)C1CCC(O[Si](C)(C)C(C)(C)C)C1)C(=O)OCc1ccccc1. The smallest absolute Gasteiger partial charge is 0.328 e. The molecule has 2 rings (SSSR count). The van der Waals surface area contributed by atoms with Crippen LogP contribution < -0.4 is 5.32 Å². The van der Waals surface area contributed by atoms with Gasteiger partial charge in [-0.15, -0.1) is 0 Å². The molecule has 156 valence electrons. The van der Waals surface area contributed by atoms with E-state index in [1.165, 1.54) is 0 Å². The summed E-state index contributed by atoms with van der Waals surface area (Å²) in [6.45, 7) is 13.0. The molecule has 0 aliphatic heterocycles. The van der Waals surface area contributed by atoms with E-state index < -0.39 is 20.3 Å². The first-order valence-electron chi connectivity index (χ1n) is 10.2. The van der Waals surface area contributed by atoms with Crippen LogP contribution in [-0.4, -0.2) is 32.3 Å². The molecule has 1 saturated carbocycles. The highest BCUT2D eigenvalue weighted by atomic mass is 28.4. The quantitative estimate of drug-likeness (QED) is 0.538. The standard InChI is InChI=1S/C22H35NO4Si/c1-16(21(25)26-15-17-10-8-7-9-11-17)23-20(24)18-12-13-19(14-18)27-28(5,6)22(2,3)4/h7-11,16,18-19H,12-15H2,1-6H3,(H,23,24). The Morgan fingerprint density at radius 2 is 1.82 bits per heavy atom. The van der Waals surface area contributed by atoms with Gasteiger partial charge in [-0.3, -0.25) is 4.79 Å². The highest BCUT2D eigenvalue weighted by molar-refractivity contribution is 6.74. The van der Waals surface area contributed by atoms with Gasteiger partial charge in [0.25, 0.3) is 0 Å². The van der Waals surface area contributed by atoms with E-state index in [9.17, 15) is 9.59 Å². The Balaban J connectivity index is 1.79. The van der Waals surface area contributed by atoms with Crippen LogP contribution in [0.4, 0.5) is 0 Å². The summed E-state index contributed by atoms with van der Waals surface area (Å²) >= 11 is 0. The van der Waals surface area contributed by atoms with Crippen molar-refractivity contribution in [2.24, 2.45) is 5.92 Å². The molecule has 1 aliphatic carbocycles. The van der Waals surface area contributed by atoms with Crippen molar-refractivity contribution in [3.8, 4) is 0 Å². The molecule has 0 saturated heterocycles. The number of esters is 1. The van der Waals surface area contributed by atoms with Crippen molar-refractivity contribution >= 4 is 20.2 Å². The molecule has 3 atom stereocenters. The molecule has 1 amide bonds. The van der Waals surface area contributed by atoms with Crippen LogP contribution in [0.1, 0.15) is 52.5 Å². The van der Waals surface area contributed by atoms with E-state index in [0.717, 1.165) is 24.8 Å².